The van der Waals surface area contributed by atoms with Crippen LogP contribution in [0.1, 0.15) is 23.2 Å². The quantitative estimate of drug-likeness (QED) is 0.718. The molecule has 0 saturated carbocycles. The van der Waals surface area contributed by atoms with Crippen molar-refractivity contribution in [1.29, 1.82) is 0 Å². The van der Waals surface area contributed by atoms with Gasteiger partial charge in [-0.25, -0.2) is 0 Å². The number of hydrogen-bond donors (Lipinski definition) is 1. The topological polar surface area (TPSA) is 67.9 Å². The highest BCUT2D eigenvalue weighted by Gasteiger charge is 2.31. The van der Waals surface area contributed by atoms with Gasteiger partial charge in [0.2, 0.25) is 5.91 Å². The monoisotopic (exact) mass is 444 g/mol. The summed E-state index contributed by atoms with van der Waals surface area (Å²) in [4.78, 5) is 26.3. The predicted octanol–water partition coefficient (Wildman–Crippen LogP) is 1.63. The highest BCUT2D eigenvalue weighted by Crippen LogP contribution is 2.25. The Morgan fingerprint density at radius 2 is 1.83 bits per heavy atom. The zero-order valence-corrected chi connectivity index (χ0v) is 15.5. The van der Waals surface area contributed by atoms with Gasteiger partial charge in [0, 0.05) is 22.6 Å². The fraction of sp³-hybridized carbons (Fsp3) is 0.529. The molecule has 130 valence electrons. The predicted molar refractivity (Wildman–Crippen MR) is 96.5 cm³/mol. The van der Waals surface area contributed by atoms with Gasteiger partial charge in [-0.05, 0) is 47.6 Å². The zero-order valence-electron chi connectivity index (χ0n) is 13.4. The Kier molecular flexibility index (Phi) is 6.07. The summed E-state index contributed by atoms with van der Waals surface area (Å²) < 4.78 is 12.0. The van der Waals surface area contributed by atoms with Gasteiger partial charge in [0.15, 0.2) is 6.29 Å². The van der Waals surface area contributed by atoms with Crippen molar-refractivity contribution < 1.29 is 19.1 Å². The molecule has 2 heterocycles. The average molecular weight is 444 g/mol. The van der Waals surface area contributed by atoms with Gasteiger partial charge in [-0.15, -0.1) is 0 Å². The van der Waals surface area contributed by atoms with E-state index >= 15 is 0 Å². The molecule has 0 atom stereocenters. The number of benzene rings is 1. The number of likely N-dealkylation sites (tertiary alicyclic amines) is 1. The van der Waals surface area contributed by atoms with E-state index in [9.17, 15) is 9.59 Å². The molecular weight excluding hydrogens is 423 g/mol. The first-order valence-corrected chi connectivity index (χ1v) is 9.27. The van der Waals surface area contributed by atoms with Crippen molar-refractivity contribution in [2.24, 2.45) is 5.92 Å². The Hall–Kier alpha value is -1.19. The molecule has 2 aliphatic rings. The van der Waals surface area contributed by atoms with Crippen LogP contribution in [0.2, 0.25) is 0 Å². The molecule has 2 aliphatic heterocycles. The van der Waals surface area contributed by atoms with Crippen LogP contribution in [0.5, 0.6) is 0 Å². The van der Waals surface area contributed by atoms with Crippen molar-refractivity contribution >= 4 is 34.4 Å². The second-order valence-corrected chi connectivity index (χ2v) is 7.15. The average Bonchev–Trinajstić information content (AvgIpc) is 3.14. The molecule has 24 heavy (non-hydrogen) atoms. The molecule has 0 aromatic heterocycles. The van der Waals surface area contributed by atoms with Crippen LogP contribution in [0.15, 0.2) is 24.3 Å². The van der Waals surface area contributed by atoms with E-state index in [1.165, 1.54) is 0 Å². The normalized spacial score (nSPS) is 19.5. The van der Waals surface area contributed by atoms with Crippen molar-refractivity contribution in [3.05, 3.63) is 33.4 Å². The molecule has 6 nitrogen and oxygen atoms in total. The fourth-order valence-electron chi connectivity index (χ4n) is 3.08. The van der Waals surface area contributed by atoms with Crippen molar-refractivity contribution in [2.45, 2.75) is 19.1 Å². The first-order chi connectivity index (χ1) is 11.6. The molecule has 7 heteroatoms. The van der Waals surface area contributed by atoms with E-state index in [4.69, 9.17) is 9.47 Å². The van der Waals surface area contributed by atoms with Gasteiger partial charge in [-0.3, -0.25) is 9.59 Å². The highest BCUT2D eigenvalue weighted by molar-refractivity contribution is 14.1. The van der Waals surface area contributed by atoms with Crippen LogP contribution in [0.4, 0.5) is 0 Å². The lowest BCUT2D eigenvalue weighted by Crippen LogP contribution is -2.45. The summed E-state index contributed by atoms with van der Waals surface area (Å²) in [6.45, 7) is 2.73. The molecule has 0 bridgehead atoms. The van der Waals surface area contributed by atoms with Crippen molar-refractivity contribution in [2.75, 3.05) is 32.8 Å². The Morgan fingerprint density at radius 1 is 1.17 bits per heavy atom. The molecular formula is C17H21IN2O4. The van der Waals surface area contributed by atoms with E-state index in [1.54, 1.807) is 6.07 Å². The maximum Gasteiger partial charge on any atom is 0.252 e. The van der Waals surface area contributed by atoms with Crippen LogP contribution in [0.3, 0.4) is 0 Å². The third-order valence-electron chi connectivity index (χ3n) is 4.44. The second-order valence-electron chi connectivity index (χ2n) is 5.99. The number of carbonyl (C=O) groups excluding carboxylic acids is 2. The lowest BCUT2D eigenvalue weighted by molar-refractivity contribution is -0.135. The summed E-state index contributed by atoms with van der Waals surface area (Å²) in [6, 6.07) is 7.33. The molecule has 2 saturated heterocycles. The Bertz CT molecular complexity index is 596. The smallest absolute Gasteiger partial charge is 0.252 e. The van der Waals surface area contributed by atoms with Gasteiger partial charge in [-0.2, -0.15) is 0 Å². The summed E-state index contributed by atoms with van der Waals surface area (Å²) in [6.07, 6.45) is 1.64. The van der Waals surface area contributed by atoms with Crippen LogP contribution in [-0.4, -0.2) is 55.9 Å². The van der Waals surface area contributed by atoms with Crippen LogP contribution in [0, 0.1) is 9.49 Å². The van der Waals surface area contributed by atoms with Crippen LogP contribution in [0.25, 0.3) is 0 Å². The maximum atomic E-state index is 12.3. The van der Waals surface area contributed by atoms with E-state index in [0.29, 0.717) is 37.8 Å². The van der Waals surface area contributed by atoms with Crippen LogP contribution >= 0.6 is 22.6 Å². The first-order valence-electron chi connectivity index (χ1n) is 8.19. The fourth-order valence-corrected chi connectivity index (χ4v) is 3.71. The molecule has 2 fully saturated rings. The van der Waals surface area contributed by atoms with Crippen molar-refractivity contribution in [3.8, 4) is 0 Å². The van der Waals surface area contributed by atoms with Gasteiger partial charge in [0.25, 0.3) is 5.91 Å². The Morgan fingerprint density at radius 3 is 2.50 bits per heavy atom. The van der Waals surface area contributed by atoms with E-state index in [2.05, 4.69) is 27.9 Å². The number of carbonyl (C=O) groups is 2. The summed E-state index contributed by atoms with van der Waals surface area (Å²) in [5, 5.41) is 2.72. The first kappa shape index (κ1) is 17.6. The summed E-state index contributed by atoms with van der Waals surface area (Å²) in [5.41, 5.74) is 0.597. The van der Waals surface area contributed by atoms with E-state index < -0.39 is 0 Å². The third kappa shape index (κ3) is 4.25. The zero-order chi connectivity index (χ0) is 16.9. The van der Waals surface area contributed by atoms with Gasteiger partial charge < -0.3 is 19.7 Å². The standard InChI is InChI=1S/C17H21IN2O4/c18-14-4-2-1-3-13(14)16(22)19-11-15(21)20-7-5-12(6-8-20)17-23-9-10-24-17/h1-4,12,17H,5-11H2,(H,19,22). The van der Waals surface area contributed by atoms with Crippen LogP contribution in [-0.2, 0) is 14.3 Å². The van der Waals surface area contributed by atoms with E-state index in [-0.39, 0.29) is 24.6 Å². The lowest BCUT2D eigenvalue weighted by Gasteiger charge is -2.33. The maximum absolute atomic E-state index is 12.3. The SMILES string of the molecule is O=C(NCC(=O)N1CCC(C2OCCO2)CC1)c1ccccc1I. The Balaban J connectivity index is 1.44. The van der Waals surface area contributed by atoms with Crippen LogP contribution < -0.4 is 5.32 Å². The highest BCUT2D eigenvalue weighted by atomic mass is 127. The van der Waals surface area contributed by atoms with Crippen molar-refractivity contribution in [3.63, 3.8) is 0 Å². The molecule has 0 spiro atoms. The third-order valence-corrected chi connectivity index (χ3v) is 5.38. The van der Waals surface area contributed by atoms with Gasteiger partial charge in [0.05, 0.1) is 25.3 Å². The molecule has 0 unspecified atom stereocenters. The Labute approximate surface area is 155 Å². The minimum atomic E-state index is -0.212. The van der Waals surface area contributed by atoms with Gasteiger partial charge in [-0.1, -0.05) is 12.1 Å². The number of piperidine rings is 1. The van der Waals surface area contributed by atoms with Gasteiger partial charge >= 0.3 is 0 Å². The molecule has 1 aromatic rings. The number of halogens is 1. The molecule has 0 radical (unpaired) electrons. The number of rotatable bonds is 4. The van der Waals surface area contributed by atoms with E-state index in [0.717, 1.165) is 16.4 Å². The lowest BCUT2D eigenvalue weighted by atomic mass is 9.96. The summed E-state index contributed by atoms with van der Waals surface area (Å²) >= 11 is 2.12. The number of nitrogens with one attached hydrogen (secondary N) is 1. The summed E-state index contributed by atoms with van der Waals surface area (Å²) in [5.74, 6) is 0.106. The number of ether oxygens (including phenoxy) is 2. The van der Waals surface area contributed by atoms with Crippen molar-refractivity contribution in [1.82, 2.24) is 10.2 Å². The molecule has 0 aliphatic carbocycles. The number of amides is 2. The largest absolute Gasteiger partial charge is 0.350 e. The van der Waals surface area contributed by atoms with E-state index in [1.807, 2.05) is 23.1 Å². The van der Waals surface area contributed by atoms with Gasteiger partial charge in [0.1, 0.15) is 0 Å². The second kappa shape index (κ2) is 8.26. The number of nitrogens with zero attached hydrogens (tertiary/aromatic N) is 1. The minimum absolute atomic E-state index is 0.0326. The molecule has 1 aromatic carbocycles. The molecule has 2 amide bonds. The summed E-state index contributed by atoms with van der Waals surface area (Å²) in [7, 11) is 0. The molecule has 1 N–H and O–H groups in total. The number of hydrogen-bond acceptors (Lipinski definition) is 4. The molecule has 3 rings (SSSR count). The minimum Gasteiger partial charge on any atom is -0.350 e.